The van der Waals surface area contributed by atoms with Crippen LogP contribution in [-0.4, -0.2) is 19.4 Å². The number of aldehydes is 1. The Kier molecular flexibility index (Phi) is 5.26. The van der Waals surface area contributed by atoms with Crippen LogP contribution in [0, 0.1) is 0 Å². The molecule has 0 rings (SSSR count). The van der Waals surface area contributed by atoms with Gasteiger partial charge in [-0.2, -0.15) is 5.48 Å². The third-order valence-corrected chi connectivity index (χ3v) is 0.413. The second kappa shape index (κ2) is 5.59. The summed E-state index contributed by atoms with van der Waals surface area (Å²) in [6.07, 6.45) is 0.746. The number of hydrogen-bond acceptors (Lipinski definition) is 3. The lowest BCUT2D eigenvalue weighted by Crippen LogP contribution is -2.16. The summed E-state index contributed by atoms with van der Waals surface area (Å²) >= 11 is 0. The van der Waals surface area contributed by atoms with Crippen molar-refractivity contribution < 1.29 is 9.63 Å². The quantitative estimate of drug-likeness (QED) is 0.302. The molecule has 0 bridgehead atoms. The summed E-state index contributed by atoms with van der Waals surface area (Å²) < 4.78 is 0. The highest BCUT2D eigenvalue weighted by Crippen LogP contribution is 1.58. The third kappa shape index (κ3) is 5.59. The third-order valence-electron chi connectivity index (χ3n) is 0.413. The van der Waals surface area contributed by atoms with Crippen LogP contribution in [0.1, 0.15) is 6.92 Å². The molecule has 0 radical (unpaired) electrons. The lowest BCUT2D eigenvalue weighted by Gasteiger charge is -1.93. The molecular weight excluding hydrogens is 94.0 g/mol. The summed E-state index contributed by atoms with van der Waals surface area (Å²) in [5.74, 6) is 0. The fraction of sp³-hybridized carbons (Fsp3) is 0.750. The molecule has 0 saturated carbocycles. The van der Waals surface area contributed by atoms with Crippen LogP contribution in [-0.2, 0) is 9.63 Å². The van der Waals surface area contributed by atoms with Gasteiger partial charge in [-0.1, -0.05) is 0 Å². The maximum Gasteiger partial charge on any atom is 0.136 e. The van der Waals surface area contributed by atoms with E-state index < -0.39 is 0 Å². The normalized spacial score (nSPS) is 8.71. The molecule has 0 aliphatic heterocycles. The Morgan fingerprint density at radius 1 is 1.86 bits per heavy atom. The fourth-order valence-electron chi connectivity index (χ4n) is 0.195. The Morgan fingerprint density at radius 2 is 2.57 bits per heavy atom. The number of carbonyl (C=O) groups is 1. The fourth-order valence-corrected chi connectivity index (χ4v) is 0.195. The molecule has 0 spiro atoms. The maximum absolute atomic E-state index is 9.54. The summed E-state index contributed by atoms with van der Waals surface area (Å²) in [6, 6.07) is 0. The Hall–Kier alpha value is -0.410. The first-order chi connectivity index (χ1) is 3.41. The van der Waals surface area contributed by atoms with E-state index >= 15 is 0 Å². The molecule has 0 aromatic rings. The molecule has 42 valence electrons. The van der Waals surface area contributed by atoms with Gasteiger partial charge in [0, 0.05) is 0 Å². The van der Waals surface area contributed by atoms with E-state index in [-0.39, 0.29) is 6.54 Å². The van der Waals surface area contributed by atoms with Gasteiger partial charge in [0.05, 0.1) is 13.2 Å². The van der Waals surface area contributed by atoms with E-state index in [4.69, 9.17) is 0 Å². The minimum absolute atomic E-state index is 0.272. The van der Waals surface area contributed by atoms with E-state index in [1.807, 2.05) is 6.92 Å². The van der Waals surface area contributed by atoms with Gasteiger partial charge in [0.25, 0.3) is 0 Å². The summed E-state index contributed by atoms with van der Waals surface area (Å²) in [5, 5.41) is 0. The molecule has 3 nitrogen and oxygen atoms in total. The van der Waals surface area contributed by atoms with Crippen molar-refractivity contribution in [3.05, 3.63) is 0 Å². The predicted octanol–water partition coefficient (Wildman–Crippen LogP) is -0.274. The molecule has 0 aliphatic rings. The molecular formula is C4H9NO2. The van der Waals surface area contributed by atoms with Crippen molar-refractivity contribution in [1.82, 2.24) is 5.48 Å². The minimum Gasteiger partial charge on any atom is -0.302 e. The lowest BCUT2D eigenvalue weighted by molar-refractivity contribution is -0.109. The molecule has 0 saturated heterocycles. The highest BCUT2D eigenvalue weighted by molar-refractivity contribution is 5.51. The summed E-state index contributed by atoms with van der Waals surface area (Å²) in [6.45, 7) is 2.71. The molecule has 0 amide bonds. The molecule has 0 atom stereocenters. The maximum atomic E-state index is 9.54. The van der Waals surface area contributed by atoms with Gasteiger partial charge in [0.2, 0.25) is 0 Å². The van der Waals surface area contributed by atoms with E-state index in [0.717, 1.165) is 6.29 Å². The van der Waals surface area contributed by atoms with Crippen molar-refractivity contribution in [2.75, 3.05) is 13.2 Å². The van der Waals surface area contributed by atoms with Crippen molar-refractivity contribution in [3.8, 4) is 0 Å². The first-order valence-corrected chi connectivity index (χ1v) is 2.20. The van der Waals surface area contributed by atoms with Crippen LogP contribution < -0.4 is 5.48 Å². The first-order valence-electron chi connectivity index (χ1n) is 2.20. The van der Waals surface area contributed by atoms with Crippen LogP contribution in [0.4, 0.5) is 0 Å². The summed E-state index contributed by atoms with van der Waals surface area (Å²) in [4.78, 5) is 14.1. The number of rotatable bonds is 4. The van der Waals surface area contributed by atoms with Gasteiger partial charge < -0.3 is 9.63 Å². The average molecular weight is 103 g/mol. The van der Waals surface area contributed by atoms with Crippen molar-refractivity contribution in [3.63, 3.8) is 0 Å². The van der Waals surface area contributed by atoms with Gasteiger partial charge in [0.15, 0.2) is 0 Å². The number of hydrogen-bond donors (Lipinski definition) is 1. The summed E-state index contributed by atoms with van der Waals surface area (Å²) in [7, 11) is 0. The first kappa shape index (κ1) is 6.59. The van der Waals surface area contributed by atoms with Crippen LogP contribution in [0.2, 0.25) is 0 Å². The van der Waals surface area contributed by atoms with Gasteiger partial charge in [0.1, 0.15) is 6.29 Å². The highest BCUT2D eigenvalue weighted by atomic mass is 16.6. The van der Waals surface area contributed by atoms with Crippen molar-refractivity contribution in [2.45, 2.75) is 6.92 Å². The molecule has 3 heteroatoms. The van der Waals surface area contributed by atoms with Crippen LogP contribution in [0.5, 0.6) is 0 Å². The second-order valence-corrected chi connectivity index (χ2v) is 0.948. The molecule has 0 fully saturated rings. The number of nitrogens with one attached hydrogen (secondary N) is 1. The van der Waals surface area contributed by atoms with E-state index in [9.17, 15) is 4.79 Å². The van der Waals surface area contributed by atoms with Crippen LogP contribution in [0.3, 0.4) is 0 Å². The largest absolute Gasteiger partial charge is 0.302 e. The molecule has 0 aromatic heterocycles. The second-order valence-electron chi connectivity index (χ2n) is 0.948. The highest BCUT2D eigenvalue weighted by Gasteiger charge is 1.75. The van der Waals surface area contributed by atoms with Gasteiger partial charge in [-0.15, -0.1) is 0 Å². The standard InChI is InChI=1S/C4H9NO2/c1-2-7-5-3-4-6/h4-5H,2-3H2,1H3. The SMILES string of the molecule is CCONCC=O. The van der Waals surface area contributed by atoms with E-state index in [1.165, 1.54) is 0 Å². The molecule has 0 aromatic carbocycles. The van der Waals surface area contributed by atoms with Gasteiger partial charge in [-0.25, -0.2) is 0 Å². The summed E-state index contributed by atoms with van der Waals surface area (Å²) in [5.41, 5.74) is 2.42. The van der Waals surface area contributed by atoms with Crippen molar-refractivity contribution in [1.29, 1.82) is 0 Å². The zero-order valence-electron chi connectivity index (χ0n) is 4.31. The van der Waals surface area contributed by atoms with Gasteiger partial charge >= 0.3 is 0 Å². The number of carbonyl (C=O) groups excluding carboxylic acids is 1. The molecule has 0 aliphatic carbocycles. The van der Waals surface area contributed by atoms with Crippen LogP contribution >= 0.6 is 0 Å². The zero-order chi connectivity index (χ0) is 5.54. The average Bonchev–Trinajstić information content (AvgIpc) is 1.69. The van der Waals surface area contributed by atoms with E-state index in [1.54, 1.807) is 0 Å². The molecule has 0 heterocycles. The zero-order valence-corrected chi connectivity index (χ0v) is 4.31. The van der Waals surface area contributed by atoms with E-state index in [0.29, 0.717) is 6.61 Å². The monoisotopic (exact) mass is 103 g/mol. The van der Waals surface area contributed by atoms with E-state index in [2.05, 4.69) is 10.3 Å². The van der Waals surface area contributed by atoms with Crippen LogP contribution in [0.25, 0.3) is 0 Å². The van der Waals surface area contributed by atoms with Gasteiger partial charge in [-0.3, -0.25) is 0 Å². The molecule has 7 heavy (non-hydrogen) atoms. The van der Waals surface area contributed by atoms with Crippen LogP contribution in [0.15, 0.2) is 0 Å². The molecule has 1 N–H and O–H groups in total. The topological polar surface area (TPSA) is 38.3 Å². The predicted molar refractivity (Wildman–Crippen MR) is 25.7 cm³/mol. The Labute approximate surface area is 42.6 Å². The van der Waals surface area contributed by atoms with Crippen molar-refractivity contribution >= 4 is 6.29 Å². The van der Waals surface area contributed by atoms with Gasteiger partial charge in [-0.05, 0) is 6.92 Å². The van der Waals surface area contributed by atoms with Crippen molar-refractivity contribution in [2.24, 2.45) is 0 Å². The molecule has 0 unspecified atom stereocenters. The Morgan fingerprint density at radius 3 is 3.00 bits per heavy atom. The smallest absolute Gasteiger partial charge is 0.136 e. The Bertz CT molecular complexity index is 47.0. The number of hydroxylamine groups is 1. The Balaban J connectivity index is 2.56. The lowest BCUT2D eigenvalue weighted by atomic mass is 10.8. The minimum atomic E-state index is 0.272.